The number of hydrogen-bond acceptors (Lipinski definition) is 4. The lowest BCUT2D eigenvalue weighted by Crippen LogP contribution is -2.37. The summed E-state index contributed by atoms with van der Waals surface area (Å²) in [6.45, 7) is 6.42. The summed E-state index contributed by atoms with van der Waals surface area (Å²) in [5, 5.41) is 9.26. The lowest BCUT2D eigenvalue weighted by Gasteiger charge is -2.07. The zero-order valence-electron chi connectivity index (χ0n) is 10.9. The zero-order chi connectivity index (χ0) is 13.7. The van der Waals surface area contributed by atoms with Gasteiger partial charge in [0.1, 0.15) is 5.69 Å². The SMILES string of the molecule is CCNC(=O)CNC(=O)c1c(N)c(C)nn1CC. The van der Waals surface area contributed by atoms with Crippen LogP contribution in [0.4, 0.5) is 5.69 Å². The topological polar surface area (TPSA) is 102 Å². The average molecular weight is 253 g/mol. The Morgan fingerprint density at radius 2 is 2.00 bits per heavy atom. The number of carbonyl (C=O) groups excluding carboxylic acids is 2. The predicted molar refractivity (Wildman–Crippen MR) is 68.1 cm³/mol. The van der Waals surface area contributed by atoms with E-state index in [2.05, 4.69) is 15.7 Å². The molecule has 1 aromatic rings. The summed E-state index contributed by atoms with van der Waals surface area (Å²) >= 11 is 0. The second-order valence-corrected chi connectivity index (χ2v) is 3.80. The average Bonchev–Trinajstić information content (AvgIpc) is 2.63. The van der Waals surface area contributed by atoms with E-state index in [4.69, 9.17) is 5.73 Å². The van der Waals surface area contributed by atoms with Gasteiger partial charge in [0, 0.05) is 13.1 Å². The van der Waals surface area contributed by atoms with Crippen LogP contribution in [0.3, 0.4) is 0 Å². The van der Waals surface area contributed by atoms with Crippen molar-refractivity contribution >= 4 is 17.5 Å². The summed E-state index contributed by atoms with van der Waals surface area (Å²) in [6, 6.07) is 0. The highest BCUT2D eigenvalue weighted by atomic mass is 16.2. The molecule has 0 aliphatic rings. The molecule has 2 amide bonds. The monoisotopic (exact) mass is 253 g/mol. The molecular formula is C11H19N5O2. The Bertz CT molecular complexity index is 453. The third kappa shape index (κ3) is 2.99. The molecule has 18 heavy (non-hydrogen) atoms. The molecule has 7 nitrogen and oxygen atoms in total. The first kappa shape index (κ1) is 14.0. The van der Waals surface area contributed by atoms with Crippen molar-refractivity contribution in [3.8, 4) is 0 Å². The molecule has 7 heteroatoms. The van der Waals surface area contributed by atoms with Gasteiger partial charge in [-0.1, -0.05) is 0 Å². The van der Waals surface area contributed by atoms with E-state index < -0.39 is 0 Å². The van der Waals surface area contributed by atoms with Gasteiger partial charge in [0.25, 0.3) is 5.91 Å². The van der Waals surface area contributed by atoms with Crippen molar-refractivity contribution in [1.29, 1.82) is 0 Å². The van der Waals surface area contributed by atoms with Crippen molar-refractivity contribution in [2.45, 2.75) is 27.3 Å². The Balaban J connectivity index is 2.75. The first-order chi connectivity index (χ1) is 8.51. The minimum Gasteiger partial charge on any atom is -0.395 e. The first-order valence-electron chi connectivity index (χ1n) is 5.89. The molecular weight excluding hydrogens is 234 g/mol. The minimum atomic E-state index is -0.388. The fraction of sp³-hybridized carbons (Fsp3) is 0.545. The van der Waals surface area contributed by atoms with Gasteiger partial charge in [0.15, 0.2) is 0 Å². The standard InChI is InChI=1S/C11H19N5O2/c1-4-13-8(17)6-14-11(18)10-9(12)7(3)15-16(10)5-2/h4-6,12H2,1-3H3,(H,13,17)(H,14,18). The number of rotatable bonds is 5. The maximum Gasteiger partial charge on any atom is 0.272 e. The van der Waals surface area contributed by atoms with Gasteiger partial charge in [-0.25, -0.2) is 0 Å². The molecule has 1 rings (SSSR count). The summed E-state index contributed by atoms with van der Waals surface area (Å²) in [6.07, 6.45) is 0. The summed E-state index contributed by atoms with van der Waals surface area (Å²) in [5.41, 5.74) is 7.07. The summed E-state index contributed by atoms with van der Waals surface area (Å²) in [5.74, 6) is -0.620. The van der Waals surface area contributed by atoms with Crippen LogP contribution < -0.4 is 16.4 Å². The van der Waals surface area contributed by atoms with Crippen LogP contribution in [0, 0.1) is 6.92 Å². The molecule has 0 bridgehead atoms. The number of likely N-dealkylation sites (N-methyl/N-ethyl adjacent to an activating group) is 1. The number of nitrogens with two attached hydrogens (primary N) is 1. The Morgan fingerprint density at radius 3 is 2.56 bits per heavy atom. The lowest BCUT2D eigenvalue weighted by molar-refractivity contribution is -0.120. The van der Waals surface area contributed by atoms with E-state index in [1.807, 2.05) is 13.8 Å². The molecule has 0 unspecified atom stereocenters. The molecule has 100 valence electrons. The molecule has 0 saturated carbocycles. The van der Waals surface area contributed by atoms with Crippen LogP contribution in [0.25, 0.3) is 0 Å². The van der Waals surface area contributed by atoms with Crippen LogP contribution in [0.1, 0.15) is 30.0 Å². The van der Waals surface area contributed by atoms with Crippen LogP contribution >= 0.6 is 0 Å². The Kier molecular flexibility index (Phi) is 4.70. The van der Waals surface area contributed by atoms with E-state index in [1.54, 1.807) is 6.92 Å². The van der Waals surface area contributed by atoms with Crippen LogP contribution in [-0.4, -0.2) is 34.7 Å². The van der Waals surface area contributed by atoms with Gasteiger partial charge in [0.2, 0.25) is 5.91 Å². The Morgan fingerprint density at radius 1 is 1.33 bits per heavy atom. The predicted octanol–water partition coefficient (Wildman–Crippen LogP) is -0.340. The molecule has 0 fully saturated rings. The van der Waals surface area contributed by atoms with Gasteiger partial charge in [-0.15, -0.1) is 0 Å². The highest BCUT2D eigenvalue weighted by Crippen LogP contribution is 2.15. The van der Waals surface area contributed by atoms with Crippen molar-refractivity contribution in [3.63, 3.8) is 0 Å². The number of nitrogens with zero attached hydrogens (tertiary/aromatic N) is 2. The van der Waals surface area contributed by atoms with Crippen molar-refractivity contribution < 1.29 is 9.59 Å². The van der Waals surface area contributed by atoms with Crippen molar-refractivity contribution in [2.75, 3.05) is 18.8 Å². The summed E-state index contributed by atoms with van der Waals surface area (Å²) < 4.78 is 1.53. The van der Waals surface area contributed by atoms with Crippen molar-refractivity contribution in [1.82, 2.24) is 20.4 Å². The second-order valence-electron chi connectivity index (χ2n) is 3.80. The van der Waals surface area contributed by atoms with Gasteiger partial charge >= 0.3 is 0 Å². The number of nitrogens with one attached hydrogen (secondary N) is 2. The van der Waals surface area contributed by atoms with Crippen molar-refractivity contribution in [3.05, 3.63) is 11.4 Å². The smallest absolute Gasteiger partial charge is 0.272 e. The van der Waals surface area contributed by atoms with Gasteiger partial charge in [-0.05, 0) is 20.8 Å². The molecule has 0 atom stereocenters. The number of anilines is 1. The van der Waals surface area contributed by atoms with Gasteiger partial charge in [-0.2, -0.15) is 5.10 Å². The number of aromatic nitrogens is 2. The Labute approximate surface area is 106 Å². The van der Waals surface area contributed by atoms with Crippen LogP contribution in [0.5, 0.6) is 0 Å². The van der Waals surface area contributed by atoms with E-state index in [1.165, 1.54) is 4.68 Å². The summed E-state index contributed by atoms with van der Waals surface area (Å²) in [7, 11) is 0. The van der Waals surface area contributed by atoms with Gasteiger partial charge in [-0.3, -0.25) is 14.3 Å². The Hall–Kier alpha value is -2.05. The zero-order valence-corrected chi connectivity index (χ0v) is 10.9. The minimum absolute atomic E-state index is 0.0694. The van der Waals surface area contributed by atoms with E-state index >= 15 is 0 Å². The van der Waals surface area contributed by atoms with Crippen LogP contribution in [0.15, 0.2) is 0 Å². The maximum absolute atomic E-state index is 11.9. The van der Waals surface area contributed by atoms with E-state index in [0.717, 1.165) is 0 Å². The number of aryl methyl sites for hydroxylation is 2. The molecule has 0 spiro atoms. The normalized spacial score (nSPS) is 10.2. The van der Waals surface area contributed by atoms with E-state index in [9.17, 15) is 9.59 Å². The molecule has 4 N–H and O–H groups in total. The van der Waals surface area contributed by atoms with E-state index in [0.29, 0.717) is 30.2 Å². The van der Waals surface area contributed by atoms with Crippen LogP contribution in [-0.2, 0) is 11.3 Å². The van der Waals surface area contributed by atoms with Crippen LogP contribution in [0.2, 0.25) is 0 Å². The number of hydrogen-bond donors (Lipinski definition) is 3. The first-order valence-corrected chi connectivity index (χ1v) is 5.89. The third-order valence-corrected chi connectivity index (χ3v) is 2.47. The largest absolute Gasteiger partial charge is 0.395 e. The molecule has 0 aliphatic carbocycles. The fourth-order valence-corrected chi connectivity index (χ4v) is 1.57. The van der Waals surface area contributed by atoms with Gasteiger partial charge < -0.3 is 16.4 Å². The highest BCUT2D eigenvalue weighted by Gasteiger charge is 2.19. The number of carbonyl (C=O) groups is 2. The molecule has 0 aromatic carbocycles. The maximum atomic E-state index is 11.9. The summed E-state index contributed by atoms with van der Waals surface area (Å²) in [4.78, 5) is 23.2. The molecule has 0 aliphatic heterocycles. The molecule has 1 heterocycles. The molecule has 1 aromatic heterocycles. The quantitative estimate of drug-likeness (QED) is 0.668. The fourth-order valence-electron chi connectivity index (χ4n) is 1.57. The second kappa shape index (κ2) is 6.04. The van der Waals surface area contributed by atoms with Gasteiger partial charge in [0.05, 0.1) is 17.9 Å². The highest BCUT2D eigenvalue weighted by molar-refractivity contribution is 5.99. The van der Waals surface area contributed by atoms with Crippen molar-refractivity contribution in [2.24, 2.45) is 0 Å². The number of amides is 2. The number of nitrogen functional groups attached to an aromatic ring is 1. The third-order valence-electron chi connectivity index (χ3n) is 2.47. The lowest BCUT2D eigenvalue weighted by atomic mass is 10.3. The van der Waals surface area contributed by atoms with E-state index in [-0.39, 0.29) is 18.4 Å². The molecule has 0 saturated heterocycles. The molecule has 0 radical (unpaired) electrons.